The number of ether oxygens (including phenoxy) is 2. The van der Waals surface area contributed by atoms with Crippen LogP contribution in [-0.4, -0.2) is 87.5 Å². The van der Waals surface area contributed by atoms with Gasteiger partial charge in [0.2, 0.25) is 5.91 Å². The molecule has 7 atom stereocenters. The minimum atomic E-state index is -1.56. The largest absolute Gasteiger partial charge is 0.394 e. The summed E-state index contributed by atoms with van der Waals surface area (Å²) in [6.07, 6.45) is 50.2. The Balaban J connectivity index is 2.32. The van der Waals surface area contributed by atoms with E-state index in [9.17, 15) is 30.3 Å². The number of unbranched alkanes of at least 4 members (excludes halogenated alkanes) is 15. The molecule has 0 aromatic heterocycles. The number of aliphatic hydroxyl groups is 5. The molecule has 1 aliphatic heterocycles. The van der Waals surface area contributed by atoms with Crippen molar-refractivity contribution in [1.82, 2.24) is 5.32 Å². The molecule has 1 aliphatic rings. The Morgan fingerprint density at radius 2 is 1.02 bits per heavy atom. The van der Waals surface area contributed by atoms with Crippen LogP contribution in [0.3, 0.4) is 0 Å². The minimum absolute atomic E-state index is 0.157. The van der Waals surface area contributed by atoms with Gasteiger partial charge in [-0.3, -0.25) is 4.79 Å². The molecular formula is C52H89NO8. The third-order valence-corrected chi connectivity index (χ3v) is 11.0. The molecule has 9 nitrogen and oxygen atoms in total. The second-order valence-corrected chi connectivity index (χ2v) is 16.5. The summed E-state index contributed by atoms with van der Waals surface area (Å²) in [6, 6.07) is -0.742. The van der Waals surface area contributed by atoms with Crippen molar-refractivity contribution in [3.05, 3.63) is 85.1 Å². The molecule has 61 heavy (non-hydrogen) atoms. The predicted molar refractivity (Wildman–Crippen MR) is 253 cm³/mol. The van der Waals surface area contributed by atoms with Crippen LogP contribution >= 0.6 is 0 Å². The van der Waals surface area contributed by atoms with E-state index in [1.807, 2.05) is 0 Å². The lowest BCUT2D eigenvalue weighted by molar-refractivity contribution is -0.302. The fourth-order valence-corrected chi connectivity index (χ4v) is 7.14. The molecule has 0 radical (unpaired) electrons. The van der Waals surface area contributed by atoms with Crippen molar-refractivity contribution in [2.75, 3.05) is 13.2 Å². The molecule has 7 unspecified atom stereocenters. The Kier molecular flexibility index (Phi) is 38.3. The van der Waals surface area contributed by atoms with E-state index < -0.39 is 49.5 Å². The lowest BCUT2D eigenvalue weighted by Gasteiger charge is -2.40. The molecule has 1 heterocycles. The predicted octanol–water partition coefficient (Wildman–Crippen LogP) is 10.7. The lowest BCUT2D eigenvalue weighted by Crippen LogP contribution is -2.60. The van der Waals surface area contributed by atoms with Gasteiger partial charge >= 0.3 is 0 Å². The summed E-state index contributed by atoms with van der Waals surface area (Å²) >= 11 is 0. The van der Waals surface area contributed by atoms with Gasteiger partial charge in [-0.25, -0.2) is 0 Å². The van der Waals surface area contributed by atoms with E-state index in [4.69, 9.17) is 9.47 Å². The van der Waals surface area contributed by atoms with Crippen molar-refractivity contribution < 1.29 is 39.8 Å². The van der Waals surface area contributed by atoms with Crippen molar-refractivity contribution in [1.29, 1.82) is 0 Å². The molecule has 0 aliphatic carbocycles. The Bertz CT molecular complexity index is 1220. The van der Waals surface area contributed by atoms with Crippen molar-refractivity contribution >= 4 is 5.91 Å². The summed E-state index contributed by atoms with van der Waals surface area (Å²) in [4.78, 5) is 13.0. The number of nitrogens with one attached hydrogen (secondary N) is 1. The highest BCUT2D eigenvalue weighted by molar-refractivity contribution is 5.76. The molecule has 1 rings (SSSR count). The quantitative estimate of drug-likeness (QED) is 0.0264. The summed E-state index contributed by atoms with van der Waals surface area (Å²) in [6.45, 7) is 3.68. The Morgan fingerprint density at radius 3 is 1.49 bits per heavy atom. The molecule has 1 saturated heterocycles. The summed E-state index contributed by atoms with van der Waals surface area (Å²) in [7, 11) is 0. The van der Waals surface area contributed by atoms with Crippen LogP contribution in [0.15, 0.2) is 85.1 Å². The highest BCUT2D eigenvalue weighted by atomic mass is 16.7. The van der Waals surface area contributed by atoms with E-state index in [2.05, 4.69) is 104 Å². The van der Waals surface area contributed by atoms with Gasteiger partial charge in [-0.15, -0.1) is 0 Å². The fourth-order valence-electron chi connectivity index (χ4n) is 7.14. The Morgan fingerprint density at radius 1 is 0.574 bits per heavy atom. The van der Waals surface area contributed by atoms with Gasteiger partial charge in [0.05, 0.1) is 25.4 Å². The molecular weight excluding hydrogens is 767 g/mol. The van der Waals surface area contributed by atoms with Gasteiger partial charge in [0.15, 0.2) is 6.29 Å². The van der Waals surface area contributed by atoms with Crippen LogP contribution in [0.1, 0.15) is 181 Å². The second-order valence-electron chi connectivity index (χ2n) is 16.5. The first kappa shape index (κ1) is 56.4. The second kappa shape index (κ2) is 41.4. The molecule has 350 valence electrons. The van der Waals surface area contributed by atoms with Crippen molar-refractivity contribution in [2.24, 2.45) is 0 Å². The first-order valence-corrected chi connectivity index (χ1v) is 24.3. The highest BCUT2D eigenvalue weighted by Gasteiger charge is 2.44. The smallest absolute Gasteiger partial charge is 0.220 e. The average molecular weight is 856 g/mol. The van der Waals surface area contributed by atoms with Crippen LogP contribution in [0, 0.1) is 0 Å². The molecule has 0 bridgehead atoms. The zero-order chi connectivity index (χ0) is 44.4. The first-order chi connectivity index (χ1) is 29.8. The molecule has 1 fully saturated rings. The van der Waals surface area contributed by atoms with Gasteiger partial charge in [-0.05, 0) is 70.6 Å². The Labute approximate surface area is 371 Å². The monoisotopic (exact) mass is 856 g/mol. The molecule has 0 spiro atoms. The minimum Gasteiger partial charge on any atom is -0.394 e. The number of allylic oxidation sites excluding steroid dienone is 14. The van der Waals surface area contributed by atoms with E-state index in [-0.39, 0.29) is 12.5 Å². The number of hydrogen-bond donors (Lipinski definition) is 6. The third kappa shape index (κ3) is 31.8. The number of carbonyl (C=O) groups excluding carboxylic acids is 1. The van der Waals surface area contributed by atoms with Crippen LogP contribution in [-0.2, 0) is 14.3 Å². The van der Waals surface area contributed by atoms with Crippen LogP contribution in [0.4, 0.5) is 0 Å². The molecule has 1 amide bonds. The van der Waals surface area contributed by atoms with Gasteiger partial charge in [-0.2, -0.15) is 0 Å². The normalized spacial score (nSPS) is 21.2. The van der Waals surface area contributed by atoms with Crippen molar-refractivity contribution in [2.45, 2.75) is 224 Å². The number of rotatable bonds is 39. The number of aliphatic hydroxyl groups excluding tert-OH is 5. The first-order valence-electron chi connectivity index (χ1n) is 24.3. The standard InChI is InChI=1S/C52H89NO8/c1-3-5-7-9-11-13-15-17-18-19-20-21-22-23-24-25-26-27-28-30-32-34-36-38-40-42-48(56)53-45(44-60-52-51(59)50(58)49(57)47(43-54)61-52)46(55)41-39-37-35-33-31-29-16-14-12-10-8-6-4-2/h5,7,11,13,17-18,20-21,23-24,26-27,30,32,45-47,49-52,54-55,57-59H,3-4,6,8-10,12,14-16,19,22,25,28-29,31,33-44H2,1-2H3,(H,53,56)/b7-5-,13-11-,18-17-,21-20-,24-23-,27-26-,32-30-. The summed E-state index contributed by atoms with van der Waals surface area (Å²) in [5.41, 5.74) is 0. The molecule has 0 aromatic rings. The SMILES string of the molecule is CC/C=C\C/C=C\C/C=C\C/C=C\C/C=C\C/C=C\C/C=C\CCCCCC(=O)NC(COC1OC(CO)C(O)C(O)C1O)C(O)CCCCCCCCCCCCCCC. The number of amides is 1. The topological polar surface area (TPSA) is 149 Å². The van der Waals surface area contributed by atoms with Crippen LogP contribution < -0.4 is 5.32 Å². The molecule has 9 heteroatoms. The van der Waals surface area contributed by atoms with E-state index >= 15 is 0 Å². The highest BCUT2D eigenvalue weighted by Crippen LogP contribution is 2.23. The van der Waals surface area contributed by atoms with Crippen LogP contribution in [0.5, 0.6) is 0 Å². The van der Waals surface area contributed by atoms with Gasteiger partial charge in [0.1, 0.15) is 24.4 Å². The lowest BCUT2D eigenvalue weighted by atomic mass is 9.99. The number of carbonyl (C=O) groups is 1. The van der Waals surface area contributed by atoms with Gasteiger partial charge in [0.25, 0.3) is 0 Å². The molecule has 0 aromatic carbocycles. The van der Waals surface area contributed by atoms with E-state index in [1.54, 1.807) is 0 Å². The molecule has 0 saturated carbocycles. The van der Waals surface area contributed by atoms with Gasteiger partial charge in [-0.1, -0.05) is 189 Å². The van der Waals surface area contributed by atoms with E-state index in [0.29, 0.717) is 12.8 Å². The van der Waals surface area contributed by atoms with Gasteiger partial charge < -0.3 is 40.3 Å². The zero-order valence-corrected chi connectivity index (χ0v) is 38.4. The number of hydrogen-bond acceptors (Lipinski definition) is 8. The summed E-state index contributed by atoms with van der Waals surface area (Å²) < 4.78 is 11.2. The maximum atomic E-state index is 13.0. The van der Waals surface area contributed by atoms with Crippen LogP contribution in [0.2, 0.25) is 0 Å². The van der Waals surface area contributed by atoms with Gasteiger partial charge in [0, 0.05) is 6.42 Å². The Hall–Kier alpha value is -2.63. The van der Waals surface area contributed by atoms with Crippen molar-refractivity contribution in [3.63, 3.8) is 0 Å². The van der Waals surface area contributed by atoms with Crippen LogP contribution in [0.25, 0.3) is 0 Å². The van der Waals surface area contributed by atoms with E-state index in [1.165, 1.54) is 64.2 Å². The summed E-state index contributed by atoms with van der Waals surface area (Å²) in [5.74, 6) is -0.181. The maximum Gasteiger partial charge on any atom is 0.220 e. The summed E-state index contributed by atoms with van der Waals surface area (Å²) in [5, 5.41) is 54.4. The van der Waals surface area contributed by atoms with Crippen molar-refractivity contribution in [3.8, 4) is 0 Å². The average Bonchev–Trinajstić information content (AvgIpc) is 3.26. The maximum absolute atomic E-state index is 13.0. The fraction of sp³-hybridized carbons (Fsp3) is 0.712. The van der Waals surface area contributed by atoms with E-state index in [0.717, 1.165) is 89.9 Å². The zero-order valence-electron chi connectivity index (χ0n) is 38.4. The third-order valence-electron chi connectivity index (χ3n) is 11.0. The molecule has 6 N–H and O–H groups in total.